The molecule has 6 heteroatoms. The minimum atomic E-state index is 0. The minimum Gasteiger partial charge on any atom is -0.508 e. The zero-order valence-electron chi connectivity index (χ0n) is 9.45. The van der Waals surface area contributed by atoms with Gasteiger partial charge in [-0.25, -0.2) is 4.98 Å². The summed E-state index contributed by atoms with van der Waals surface area (Å²) >= 11 is 0. The number of nitrogens with two attached hydrogens (primary N) is 1. The van der Waals surface area contributed by atoms with Gasteiger partial charge in [0.1, 0.15) is 5.75 Å². The van der Waals surface area contributed by atoms with Crippen molar-refractivity contribution in [3.05, 3.63) is 48.2 Å². The number of nitrogen functional groups attached to an aromatic ring is 1. The van der Waals surface area contributed by atoms with E-state index >= 15 is 0 Å². The number of phenols is 1. The summed E-state index contributed by atoms with van der Waals surface area (Å²) in [4.78, 5) is 4.03. The van der Waals surface area contributed by atoms with E-state index in [0.717, 1.165) is 5.56 Å². The number of halogens is 1. The third-order valence-electron chi connectivity index (χ3n) is 2.12. The normalized spacial score (nSPS) is 10.0. The lowest BCUT2D eigenvalue weighted by molar-refractivity contribution is 0.475. The van der Waals surface area contributed by atoms with Crippen molar-refractivity contribution < 1.29 is 5.11 Å². The largest absolute Gasteiger partial charge is 0.508 e. The number of hydrazone groups is 1. The predicted octanol–water partition coefficient (Wildman–Crippen LogP) is 2.24. The number of nitrogens with zero attached hydrogens (tertiary/aromatic N) is 2. The highest BCUT2D eigenvalue weighted by Gasteiger charge is 1.95. The second kappa shape index (κ2) is 6.46. The molecule has 0 bridgehead atoms. The van der Waals surface area contributed by atoms with Crippen LogP contribution in [0.15, 0.2) is 47.7 Å². The number of nitrogens with one attached hydrogen (secondary N) is 1. The highest BCUT2D eigenvalue weighted by molar-refractivity contribution is 5.85. The maximum atomic E-state index is 9.11. The van der Waals surface area contributed by atoms with Crippen LogP contribution in [0.4, 0.5) is 11.5 Å². The Morgan fingerprint density at radius 2 is 1.94 bits per heavy atom. The molecule has 0 fully saturated rings. The maximum absolute atomic E-state index is 9.11. The third-order valence-corrected chi connectivity index (χ3v) is 2.12. The van der Waals surface area contributed by atoms with Crippen molar-refractivity contribution in [3.8, 4) is 5.75 Å². The molecule has 0 atom stereocenters. The standard InChI is InChI=1S/C12H12N4O.ClH/c13-11-2-1-7-14-12(11)16-15-8-9-3-5-10(17)6-4-9;/h1-8,17H,13H2,(H,14,16);1H. The Hall–Kier alpha value is -2.27. The van der Waals surface area contributed by atoms with Crippen LogP contribution in [-0.2, 0) is 0 Å². The summed E-state index contributed by atoms with van der Waals surface area (Å²) in [5, 5.41) is 13.1. The molecule has 0 aliphatic heterocycles. The van der Waals surface area contributed by atoms with Crippen LogP contribution in [0.25, 0.3) is 0 Å². The first-order valence-corrected chi connectivity index (χ1v) is 5.04. The van der Waals surface area contributed by atoms with Gasteiger partial charge in [-0.2, -0.15) is 5.10 Å². The Balaban J connectivity index is 0.00000162. The fourth-order valence-electron chi connectivity index (χ4n) is 1.24. The van der Waals surface area contributed by atoms with E-state index in [1.54, 1.807) is 48.8 Å². The Kier molecular flexibility index (Phi) is 4.95. The zero-order valence-corrected chi connectivity index (χ0v) is 10.3. The maximum Gasteiger partial charge on any atom is 0.169 e. The summed E-state index contributed by atoms with van der Waals surface area (Å²) in [5.41, 5.74) is 9.84. The molecule has 5 nitrogen and oxygen atoms in total. The molecular formula is C12H13ClN4O. The number of pyridine rings is 1. The predicted molar refractivity (Wildman–Crippen MR) is 75.2 cm³/mol. The van der Waals surface area contributed by atoms with Gasteiger partial charge in [0.2, 0.25) is 0 Å². The van der Waals surface area contributed by atoms with Crippen LogP contribution >= 0.6 is 12.4 Å². The minimum absolute atomic E-state index is 0. The molecule has 0 aliphatic carbocycles. The fourth-order valence-corrected chi connectivity index (χ4v) is 1.24. The lowest BCUT2D eigenvalue weighted by Gasteiger charge is -2.01. The van der Waals surface area contributed by atoms with Crippen molar-refractivity contribution in [2.45, 2.75) is 0 Å². The molecule has 0 unspecified atom stereocenters. The molecule has 0 saturated heterocycles. The van der Waals surface area contributed by atoms with Gasteiger partial charge >= 0.3 is 0 Å². The van der Waals surface area contributed by atoms with Gasteiger partial charge in [0, 0.05) is 6.20 Å². The van der Waals surface area contributed by atoms with Crippen molar-refractivity contribution >= 4 is 30.1 Å². The van der Waals surface area contributed by atoms with Crippen LogP contribution in [-0.4, -0.2) is 16.3 Å². The fraction of sp³-hybridized carbons (Fsp3) is 0. The van der Waals surface area contributed by atoms with E-state index in [4.69, 9.17) is 10.8 Å². The van der Waals surface area contributed by atoms with E-state index in [1.165, 1.54) is 0 Å². The second-order valence-corrected chi connectivity index (χ2v) is 3.40. The lowest BCUT2D eigenvalue weighted by atomic mass is 10.2. The van der Waals surface area contributed by atoms with Gasteiger partial charge in [0.15, 0.2) is 5.82 Å². The van der Waals surface area contributed by atoms with Crippen LogP contribution in [0, 0.1) is 0 Å². The molecule has 1 aromatic heterocycles. The molecular weight excluding hydrogens is 252 g/mol. The smallest absolute Gasteiger partial charge is 0.169 e. The van der Waals surface area contributed by atoms with Gasteiger partial charge < -0.3 is 10.8 Å². The Morgan fingerprint density at radius 3 is 2.61 bits per heavy atom. The van der Waals surface area contributed by atoms with Crippen LogP contribution < -0.4 is 11.2 Å². The van der Waals surface area contributed by atoms with Crippen LogP contribution in [0.5, 0.6) is 5.75 Å². The van der Waals surface area contributed by atoms with Crippen LogP contribution in [0.2, 0.25) is 0 Å². The average Bonchev–Trinajstić information content (AvgIpc) is 2.34. The number of aromatic hydroxyl groups is 1. The number of hydrogen-bond donors (Lipinski definition) is 3. The molecule has 0 spiro atoms. The zero-order chi connectivity index (χ0) is 12.1. The Morgan fingerprint density at radius 1 is 1.22 bits per heavy atom. The molecule has 2 rings (SSSR count). The van der Waals surface area contributed by atoms with Crippen molar-refractivity contribution in [1.29, 1.82) is 0 Å². The SMILES string of the molecule is Cl.Nc1cccnc1NN=Cc1ccc(O)cc1. The Labute approximate surface area is 111 Å². The number of phenolic OH excluding ortho intramolecular Hbond substituents is 1. The molecule has 0 saturated carbocycles. The number of anilines is 2. The van der Waals surface area contributed by atoms with E-state index in [-0.39, 0.29) is 18.2 Å². The monoisotopic (exact) mass is 264 g/mol. The van der Waals surface area contributed by atoms with Gasteiger partial charge in [-0.1, -0.05) is 0 Å². The average molecular weight is 265 g/mol. The lowest BCUT2D eigenvalue weighted by Crippen LogP contribution is -1.98. The van der Waals surface area contributed by atoms with Crippen molar-refractivity contribution in [2.24, 2.45) is 5.10 Å². The molecule has 94 valence electrons. The first kappa shape index (κ1) is 13.8. The first-order valence-electron chi connectivity index (χ1n) is 5.04. The molecule has 0 radical (unpaired) electrons. The van der Waals surface area contributed by atoms with Gasteiger partial charge in [-0.05, 0) is 42.0 Å². The van der Waals surface area contributed by atoms with Crippen molar-refractivity contribution in [1.82, 2.24) is 4.98 Å². The summed E-state index contributed by atoms with van der Waals surface area (Å²) in [5.74, 6) is 0.742. The quantitative estimate of drug-likeness (QED) is 0.586. The number of rotatable bonds is 3. The number of benzene rings is 1. The number of aromatic nitrogens is 1. The van der Waals surface area contributed by atoms with E-state index in [2.05, 4.69) is 15.5 Å². The molecule has 18 heavy (non-hydrogen) atoms. The van der Waals surface area contributed by atoms with Gasteiger partial charge in [0.25, 0.3) is 0 Å². The highest BCUT2D eigenvalue weighted by Crippen LogP contribution is 2.12. The summed E-state index contributed by atoms with van der Waals surface area (Å²) in [6.07, 6.45) is 3.25. The van der Waals surface area contributed by atoms with E-state index in [0.29, 0.717) is 11.5 Å². The highest BCUT2D eigenvalue weighted by atomic mass is 35.5. The number of hydrogen-bond acceptors (Lipinski definition) is 5. The molecule has 0 aliphatic rings. The summed E-state index contributed by atoms with van der Waals surface area (Å²) < 4.78 is 0. The van der Waals surface area contributed by atoms with Crippen molar-refractivity contribution in [3.63, 3.8) is 0 Å². The van der Waals surface area contributed by atoms with Gasteiger partial charge in [0.05, 0.1) is 11.9 Å². The van der Waals surface area contributed by atoms with Crippen LogP contribution in [0.1, 0.15) is 5.56 Å². The third kappa shape index (κ3) is 3.64. The molecule has 1 aromatic carbocycles. The molecule has 1 heterocycles. The van der Waals surface area contributed by atoms with Gasteiger partial charge in [-0.15, -0.1) is 12.4 Å². The second-order valence-electron chi connectivity index (χ2n) is 3.40. The van der Waals surface area contributed by atoms with Crippen molar-refractivity contribution in [2.75, 3.05) is 11.2 Å². The molecule has 4 N–H and O–H groups in total. The summed E-state index contributed by atoms with van der Waals surface area (Å²) in [6, 6.07) is 10.2. The topological polar surface area (TPSA) is 83.5 Å². The van der Waals surface area contributed by atoms with E-state index in [1.807, 2.05) is 0 Å². The first-order chi connectivity index (χ1) is 8.25. The van der Waals surface area contributed by atoms with Gasteiger partial charge in [-0.3, -0.25) is 5.43 Å². The van der Waals surface area contributed by atoms with Crippen LogP contribution in [0.3, 0.4) is 0 Å². The molecule has 0 amide bonds. The Bertz CT molecular complexity index is 528. The molecule has 2 aromatic rings. The van der Waals surface area contributed by atoms with E-state index < -0.39 is 0 Å². The summed E-state index contributed by atoms with van der Waals surface area (Å²) in [7, 11) is 0. The summed E-state index contributed by atoms with van der Waals surface area (Å²) in [6.45, 7) is 0. The van der Waals surface area contributed by atoms with E-state index in [9.17, 15) is 0 Å².